The van der Waals surface area contributed by atoms with Crippen LogP contribution in [0.4, 0.5) is 0 Å². The van der Waals surface area contributed by atoms with Crippen molar-refractivity contribution in [2.75, 3.05) is 26.7 Å². The van der Waals surface area contributed by atoms with Gasteiger partial charge in [0.25, 0.3) is 0 Å². The molecule has 5 nitrogen and oxygen atoms in total. The molecule has 0 spiro atoms. The number of likely N-dealkylation sites (N-methyl/N-ethyl adjacent to an activating group) is 1. The van der Waals surface area contributed by atoms with Crippen LogP contribution in [-0.4, -0.2) is 54.3 Å². The Morgan fingerprint density at radius 3 is 2.55 bits per heavy atom. The van der Waals surface area contributed by atoms with Gasteiger partial charge in [0.05, 0.1) is 6.54 Å². The van der Waals surface area contributed by atoms with E-state index in [4.69, 9.17) is 5.73 Å². The number of nitrogens with two attached hydrogens (primary N) is 1. The van der Waals surface area contributed by atoms with Gasteiger partial charge < -0.3 is 15.5 Å². The highest BCUT2D eigenvalue weighted by Gasteiger charge is 2.20. The van der Waals surface area contributed by atoms with Gasteiger partial charge in [-0.3, -0.25) is 9.59 Å². The molecule has 2 N–H and O–H groups in total. The number of amides is 2. The van der Waals surface area contributed by atoms with Crippen LogP contribution in [-0.2, 0) is 9.59 Å². The van der Waals surface area contributed by atoms with Crippen molar-refractivity contribution < 1.29 is 9.59 Å². The second-order valence-electron chi connectivity index (χ2n) is 6.49. The molecule has 0 aromatic rings. The van der Waals surface area contributed by atoms with Gasteiger partial charge in [0.15, 0.2) is 0 Å². The van der Waals surface area contributed by atoms with Crippen LogP contribution in [0.15, 0.2) is 0 Å². The highest BCUT2D eigenvalue weighted by atomic mass is 35.5. The van der Waals surface area contributed by atoms with Crippen LogP contribution in [0.3, 0.4) is 0 Å². The van der Waals surface area contributed by atoms with Crippen LogP contribution in [0.2, 0.25) is 0 Å². The molecule has 1 unspecified atom stereocenters. The molecule has 2 amide bonds. The fraction of sp³-hybridized carbons (Fsp3) is 0.875. The lowest BCUT2D eigenvalue weighted by atomic mass is 10.0. The Kier molecular flexibility index (Phi) is 10.4. The van der Waals surface area contributed by atoms with Gasteiger partial charge in [0.2, 0.25) is 11.8 Å². The van der Waals surface area contributed by atoms with Crippen molar-refractivity contribution in [2.24, 2.45) is 11.7 Å². The Bertz CT molecular complexity index is 350. The van der Waals surface area contributed by atoms with Crippen molar-refractivity contribution >= 4 is 24.2 Å². The van der Waals surface area contributed by atoms with Gasteiger partial charge in [-0.2, -0.15) is 0 Å². The van der Waals surface area contributed by atoms with E-state index in [1.54, 1.807) is 16.8 Å². The number of nitrogens with zero attached hydrogens (tertiary/aromatic N) is 2. The summed E-state index contributed by atoms with van der Waals surface area (Å²) in [4.78, 5) is 27.7. The van der Waals surface area contributed by atoms with Gasteiger partial charge in [-0.25, -0.2) is 0 Å². The van der Waals surface area contributed by atoms with Crippen LogP contribution in [0, 0.1) is 5.92 Å². The lowest BCUT2D eigenvalue weighted by molar-refractivity contribution is -0.140. The summed E-state index contributed by atoms with van der Waals surface area (Å²) in [5.74, 6) is 0.555. The Morgan fingerprint density at radius 2 is 1.91 bits per heavy atom. The lowest BCUT2D eigenvalue weighted by Crippen LogP contribution is -2.43. The largest absolute Gasteiger partial charge is 0.344 e. The number of carbonyl (C=O) groups excluding carboxylic acids is 2. The summed E-state index contributed by atoms with van der Waals surface area (Å²) in [7, 11) is 1.80. The summed E-state index contributed by atoms with van der Waals surface area (Å²) in [6.45, 7) is 5.76. The standard InChI is InChI=1S/C16H31N3O2.ClH/c1-13(2)14(17)9-11-18(3)16(21)12-19-10-7-5-4-6-8-15(19)20;/h13-14H,4-12,17H2,1-3H3;1H. The molecule has 1 fully saturated rings. The van der Waals surface area contributed by atoms with Crippen molar-refractivity contribution in [3.63, 3.8) is 0 Å². The molecule has 0 aliphatic carbocycles. The van der Waals surface area contributed by atoms with Crippen molar-refractivity contribution in [3.05, 3.63) is 0 Å². The molecular weight excluding hydrogens is 302 g/mol. The first kappa shape index (κ1) is 21.2. The van der Waals surface area contributed by atoms with E-state index < -0.39 is 0 Å². The number of halogens is 1. The van der Waals surface area contributed by atoms with Gasteiger partial charge in [0.1, 0.15) is 0 Å². The normalized spacial score (nSPS) is 17.5. The summed E-state index contributed by atoms with van der Waals surface area (Å²) >= 11 is 0. The van der Waals surface area contributed by atoms with E-state index in [1.165, 1.54) is 0 Å². The van der Waals surface area contributed by atoms with Crippen LogP contribution in [0.25, 0.3) is 0 Å². The van der Waals surface area contributed by atoms with Gasteiger partial charge in [-0.1, -0.05) is 26.7 Å². The summed E-state index contributed by atoms with van der Waals surface area (Å²) in [6.07, 6.45) is 5.60. The minimum atomic E-state index is 0. The van der Waals surface area contributed by atoms with Gasteiger partial charge >= 0.3 is 0 Å². The Labute approximate surface area is 141 Å². The molecule has 1 aliphatic rings. The van der Waals surface area contributed by atoms with E-state index in [9.17, 15) is 9.59 Å². The molecule has 1 rings (SSSR count). The van der Waals surface area contributed by atoms with Crippen molar-refractivity contribution in [1.82, 2.24) is 9.80 Å². The fourth-order valence-electron chi connectivity index (χ4n) is 2.47. The van der Waals surface area contributed by atoms with Crippen molar-refractivity contribution in [2.45, 2.75) is 58.4 Å². The Morgan fingerprint density at radius 1 is 1.27 bits per heavy atom. The van der Waals surface area contributed by atoms with E-state index in [1.807, 2.05) is 0 Å². The zero-order valence-corrected chi connectivity index (χ0v) is 15.0. The van der Waals surface area contributed by atoms with Crippen LogP contribution < -0.4 is 5.73 Å². The number of hydrogen-bond donors (Lipinski definition) is 1. The monoisotopic (exact) mass is 333 g/mol. The molecule has 22 heavy (non-hydrogen) atoms. The molecule has 1 heterocycles. The average Bonchev–Trinajstić information content (AvgIpc) is 2.43. The zero-order valence-electron chi connectivity index (χ0n) is 14.2. The fourth-order valence-corrected chi connectivity index (χ4v) is 2.47. The van der Waals surface area contributed by atoms with E-state index in [-0.39, 0.29) is 36.8 Å². The SMILES string of the molecule is CC(C)C(N)CCN(C)C(=O)CN1CCCCCCC1=O.Cl. The quantitative estimate of drug-likeness (QED) is 0.808. The summed E-state index contributed by atoms with van der Waals surface area (Å²) < 4.78 is 0. The first-order chi connectivity index (χ1) is 9.91. The topological polar surface area (TPSA) is 66.6 Å². The minimum Gasteiger partial charge on any atom is -0.344 e. The first-order valence-corrected chi connectivity index (χ1v) is 8.19. The van der Waals surface area contributed by atoms with Gasteiger partial charge in [0, 0.05) is 32.6 Å². The molecule has 0 aromatic heterocycles. The molecule has 1 aliphatic heterocycles. The number of carbonyl (C=O) groups is 2. The molecule has 0 aromatic carbocycles. The molecule has 6 heteroatoms. The number of rotatable bonds is 6. The summed E-state index contributed by atoms with van der Waals surface area (Å²) in [5.41, 5.74) is 6.01. The smallest absolute Gasteiger partial charge is 0.241 e. The van der Waals surface area contributed by atoms with E-state index in [0.29, 0.717) is 25.4 Å². The summed E-state index contributed by atoms with van der Waals surface area (Å²) in [5, 5.41) is 0. The average molecular weight is 334 g/mol. The molecule has 0 saturated carbocycles. The van der Waals surface area contributed by atoms with Crippen molar-refractivity contribution in [3.8, 4) is 0 Å². The predicted molar refractivity (Wildman–Crippen MR) is 92.0 cm³/mol. The molecule has 0 bridgehead atoms. The highest BCUT2D eigenvalue weighted by Crippen LogP contribution is 2.12. The van der Waals surface area contributed by atoms with E-state index >= 15 is 0 Å². The maximum Gasteiger partial charge on any atom is 0.241 e. The molecular formula is C16H32ClN3O2. The third kappa shape index (κ3) is 7.45. The van der Waals surface area contributed by atoms with Crippen LogP contribution in [0.1, 0.15) is 52.4 Å². The molecule has 1 saturated heterocycles. The Hall–Kier alpha value is -0.810. The van der Waals surface area contributed by atoms with E-state index in [2.05, 4.69) is 13.8 Å². The maximum absolute atomic E-state index is 12.2. The highest BCUT2D eigenvalue weighted by molar-refractivity contribution is 5.85. The molecule has 130 valence electrons. The lowest BCUT2D eigenvalue weighted by Gasteiger charge is -2.27. The van der Waals surface area contributed by atoms with Gasteiger partial charge in [-0.15, -0.1) is 12.4 Å². The Balaban J connectivity index is 0.00000441. The number of likely N-dealkylation sites (tertiary alicyclic amines) is 1. The molecule has 1 atom stereocenters. The van der Waals surface area contributed by atoms with Crippen LogP contribution in [0.5, 0.6) is 0 Å². The maximum atomic E-state index is 12.2. The van der Waals surface area contributed by atoms with E-state index in [0.717, 1.165) is 32.1 Å². The third-order valence-corrected chi connectivity index (χ3v) is 4.33. The van der Waals surface area contributed by atoms with Crippen LogP contribution >= 0.6 is 12.4 Å². The molecule has 0 radical (unpaired) electrons. The second kappa shape index (κ2) is 10.8. The predicted octanol–water partition coefficient (Wildman–Crippen LogP) is 2.03. The minimum absolute atomic E-state index is 0. The van der Waals surface area contributed by atoms with Gasteiger partial charge in [-0.05, 0) is 25.2 Å². The second-order valence-corrected chi connectivity index (χ2v) is 6.49. The number of hydrogen-bond acceptors (Lipinski definition) is 3. The third-order valence-electron chi connectivity index (χ3n) is 4.33. The first-order valence-electron chi connectivity index (χ1n) is 8.19. The van der Waals surface area contributed by atoms with Crippen molar-refractivity contribution in [1.29, 1.82) is 0 Å². The summed E-state index contributed by atoms with van der Waals surface area (Å²) in [6, 6.07) is 0.114. The zero-order chi connectivity index (χ0) is 15.8.